The van der Waals surface area contributed by atoms with E-state index in [1.807, 2.05) is 0 Å². The molecule has 2 atom stereocenters. The topological polar surface area (TPSA) is 28.2 Å². The van der Waals surface area contributed by atoms with Gasteiger partial charge in [-0.05, 0) is 66.6 Å². The van der Waals surface area contributed by atoms with Gasteiger partial charge < -0.3 is 10.2 Å². The van der Waals surface area contributed by atoms with Crippen molar-refractivity contribution in [2.75, 3.05) is 19.6 Å². The highest BCUT2D eigenvalue weighted by atomic mass is 32.1. The molecule has 0 radical (unpaired) electrons. The highest BCUT2D eigenvalue weighted by Crippen LogP contribution is 2.22. The third-order valence-corrected chi connectivity index (χ3v) is 5.26. The molecule has 0 aromatic carbocycles. The molecule has 1 fully saturated rings. The second-order valence-electron chi connectivity index (χ2n) is 6.08. The summed E-state index contributed by atoms with van der Waals surface area (Å²) >= 11 is 1.80. The maximum atomic E-state index is 4.64. The monoisotopic (exact) mass is 295 g/mol. The minimum atomic E-state index is 0.374. The fourth-order valence-corrected chi connectivity index (χ4v) is 4.05. The smallest absolute Gasteiger partial charge is 0.0900 e. The lowest BCUT2D eigenvalue weighted by molar-refractivity contribution is 0.158. The molecule has 0 aliphatic carbocycles. The summed E-state index contributed by atoms with van der Waals surface area (Å²) < 4.78 is 0. The molecule has 4 heteroatoms. The molecule has 3 nitrogen and oxygen atoms in total. The third kappa shape index (κ3) is 4.27. The number of thiazole rings is 1. The van der Waals surface area contributed by atoms with Crippen molar-refractivity contribution in [3.8, 4) is 0 Å². The van der Waals surface area contributed by atoms with E-state index in [0.29, 0.717) is 6.04 Å². The largest absolute Gasteiger partial charge is 0.309 e. The Kier molecular flexibility index (Phi) is 6.00. The molecule has 1 aliphatic heterocycles. The first-order chi connectivity index (χ1) is 9.58. The fourth-order valence-electron chi connectivity index (χ4n) is 3.13. The molecular weight excluding hydrogens is 266 g/mol. The SMILES string of the molecule is Cc1nc(C(C)NCCCN2CCCCC2C)c(C)s1. The van der Waals surface area contributed by atoms with Gasteiger partial charge in [0.15, 0.2) is 0 Å². The van der Waals surface area contributed by atoms with Crippen LogP contribution in [0.3, 0.4) is 0 Å². The zero-order valence-corrected chi connectivity index (χ0v) is 14.2. The van der Waals surface area contributed by atoms with Crippen LogP contribution in [0.1, 0.15) is 61.2 Å². The van der Waals surface area contributed by atoms with Gasteiger partial charge in [-0.2, -0.15) is 0 Å². The molecule has 1 N–H and O–H groups in total. The van der Waals surface area contributed by atoms with Gasteiger partial charge in [0.05, 0.1) is 10.7 Å². The average molecular weight is 295 g/mol. The van der Waals surface area contributed by atoms with Gasteiger partial charge in [0, 0.05) is 17.0 Å². The molecule has 2 heterocycles. The zero-order valence-electron chi connectivity index (χ0n) is 13.4. The number of hydrogen-bond donors (Lipinski definition) is 1. The number of rotatable bonds is 6. The summed E-state index contributed by atoms with van der Waals surface area (Å²) in [5.74, 6) is 0. The van der Waals surface area contributed by atoms with Crippen LogP contribution in [-0.4, -0.2) is 35.6 Å². The number of nitrogens with zero attached hydrogens (tertiary/aromatic N) is 2. The van der Waals surface area contributed by atoms with Crippen LogP contribution in [0.25, 0.3) is 0 Å². The van der Waals surface area contributed by atoms with Crippen LogP contribution >= 0.6 is 11.3 Å². The van der Waals surface area contributed by atoms with Crippen molar-refractivity contribution < 1.29 is 0 Å². The first-order valence-electron chi connectivity index (χ1n) is 7.99. The molecule has 1 saturated heterocycles. The standard InChI is InChI=1S/C16H29N3S/c1-12-8-5-6-10-19(12)11-7-9-17-13(2)16-14(3)20-15(4)18-16/h12-13,17H,5-11H2,1-4H3. The van der Waals surface area contributed by atoms with E-state index >= 15 is 0 Å². The number of aryl methyl sites for hydroxylation is 2. The molecule has 0 amide bonds. The Bertz CT molecular complexity index is 416. The van der Waals surface area contributed by atoms with E-state index in [1.165, 1.54) is 54.4 Å². The molecule has 0 saturated carbocycles. The Morgan fingerprint density at radius 1 is 1.40 bits per heavy atom. The average Bonchev–Trinajstić information content (AvgIpc) is 2.75. The highest BCUT2D eigenvalue weighted by Gasteiger charge is 2.17. The maximum absolute atomic E-state index is 4.64. The van der Waals surface area contributed by atoms with E-state index in [0.717, 1.165) is 12.6 Å². The van der Waals surface area contributed by atoms with Gasteiger partial charge in [0.2, 0.25) is 0 Å². The number of piperidine rings is 1. The minimum Gasteiger partial charge on any atom is -0.309 e. The van der Waals surface area contributed by atoms with Gasteiger partial charge in [-0.15, -0.1) is 11.3 Å². The van der Waals surface area contributed by atoms with Gasteiger partial charge in [-0.3, -0.25) is 0 Å². The number of hydrogen-bond acceptors (Lipinski definition) is 4. The minimum absolute atomic E-state index is 0.374. The zero-order chi connectivity index (χ0) is 14.5. The molecule has 2 unspecified atom stereocenters. The van der Waals surface area contributed by atoms with E-state index in [4.69, 9.17) is 0 Å². The van der Waals surface area contributed by atoms with Crippen molar-refractivity contribution in [2.45, 2.75) is 65.5 Å². The van der Waals surface area contributed by atoms with Crippen molar-refractivity contribution in [3.63, 3.8) is 0 Å². The summed E-state index contributed by atoms with van der Waals surface area (Å²) in [7, 11) is 0. The summed E-state index contributed by atoms with van der Waals surface area (Å²) in [6.07, 6.45) is 5.40. The predicted octanol–water partition coefficient (Wildman–Crippen LogP) is 3.68. The van der Waals surface area contributed by atoms with Crippen LogP contribution in [-0.2, 0) is 0 Å². The van der Waals surface area contributed by atoms with Crippen molar-refractivity contribution in [2.24, 2.45) is 0 Å². The predicted molar refractivity (Wildman–Crippen MR) is 87.5 cm³/mol. The van der Waals surface area contributed by atoms with Crippen LogP contribution in [0.5, 0.6) is 0 Å². The van der Waals surface area contributed by atoms with E-state index in [2.05, 4.69) is 42.9 Å². The Balaban J connectivity index is 1.69. The highest BCUT2D eigenvalue weighted by molar-refractivity contribution is 7.11. The molecule has 0 spiro atoms. The summed E-state index contributed by atoms with van der Waals surface area (Å²) in [6.45, 7) is 12.5. The van der Waals surface area contributed by atoms with Gasteiger partial charge in [-0.1, -0.05) is 6.42 Å². The van der Waals surface area contributed by atoms with Crippen LogP contribution in [0.2, 0.25) is 0 Å². The molecule has 20 heavy (non-hydrogen) atoms. The van der Waals surface area contributed by atoms with Crippen LogP contribution in [0.15, 0.2) is 0 Å². The molecule has 1 aromatic rings. The lowest BCUT2D eigenvalue weighted by Crippen LogP contribution is -2.39. The Morgan fingerprint density at radius 2 is 2.20 bits per heavy atom. The molecule has 114 valence electrons. The molecule has 1 aromatic heterocycles. The normalized spacial score (nSPS) is 22.1. The lowest BCUT2D eigenvalue weighted by atomic mass is 10.0. The first-order valence-corrected chi connectivity index (χ1v) is 8.81. The first kappa shape index (κ1) is 15.9. The second-order valence-corrected chi connectivity index (χ2v) is 7.49. The summed E-state index contributed by atoms with van der Waals surface area (Å²) in [5.41, 5.74) is 1.24. The van der Waals surface area contributed by atoms with E-state index in [-0.39, 0.29) is 0 Å². The molecule has 2 rings (SSSR count). The number of aromatic nitrogens is 1. The second kappa shape index (κ2) is 7.53. The number of nitrogens with one attached hydrogen (secondary N) is 1. The van der Waals surface area contributed by atoms with E-state index in [9.17, 15) is 0 Å². The van der Waals surface area contributed by atoms with Crippen LogP contribution in [0.4, 0.5) is 0 Å². The van der Waals surface area contributed by atoms with Crippen molar-refractivity contribution in [1.29, 1.82) is 0 Å². The quantitative estimate of drug-likeness (QED) is 0.812. The van der Waals surface area contributed by atoms with E-state index < -0.39 is 0 Å². The van der Waals surface area contributed by atoms with E-state index in [1.54, 1.807) is 11.3 Å². The summed E-state index contributed by atoms with van der Waals surface area (Å²) in [6, 6.07) is 1.16. The Morgan fingerprint density at radius 3 is 2.85 bits per heavy atom. The van der Waals surface area contributed by atoms with Crippen LogP contribution in [0, 0.1) is 13.8 Å². The van der Waals surface area contributed by atoms with Gasteiger partial charge in [0.1, 0.15) is 0 Å². The Hall–Kier alpha value is -0.450. The summed E-state index contributed by atoms with van der Waals surface area (Å²) in [5, 5.41) is 4.80. The van der Waals surface area contributed by atoms with Gasteiger partial charge in [-0.25, -0.2) is 4.98 Å². The molecule has 1 aliphatic rings. The lowest BCUT2D eigenvalue weighted by Gasteiger charge is -2.33. The van der Waals surface area contributed by atoms with Crippen molar-refractivity contribution >= 4 is 11.3 Å². The van der Waals surface area contributed by atoms with Crippen LogP contribution < -0.4 is 5.32 Å². The van der Waals surface area contributed by atoms with Crippen molar-refractivity contribution in [1.82, 2.24) is 15.2 Å². The third-order valence-electron chi connectivity index (χ3n) is 4.36. The van der Waals surface area contributed by atoms with Gasteiger partial charge in [0.25, 0.3) is 0 Å². The number of likely N-dealkylation sites (tertiary alicyclic amines) is 1. The molecular formula is C16H29N3S. The fraction of sp³-hybridized carbons (Fsp3) is 0.812. The summed E-state index contributed by atoms with van der Waals surface area (Å²) in [4.78, 5) is 8.64. The van der Waals surface area contributed by atoms with Crippen molar-refractivity contribution in [3.05, 3.63) is 15.6 Å². The van der Waals surface area contributed by atoms with Gasteiger partial charge >= 0.3 is 0 Å². The Labute approximate surface area is 127 Å². The molecule has 0 bridgehead atoms. The maximum Gasteiger partial charge on any atom is 0.0900 e.